The van der Waals surface area contributed by atoms with Crippen molar-refractivity contribution in [3.05, 3.63) is 83.0 Å². The normalized spacial score (nSPS) is 17.9. The summed E-state index contributed by atoms with van der Waals surface area (Å²) in [7, 11) is 0. The van der Waals surface area contributed by atoms with Gasteiger partial charge in [-0.2, -0.15) is 13.2 Å². The Labute approximate surface area is 249 Å². The fourth-order valence-corrected chi connectivity index (χ4v) is 6.06. The average molecular weight is 595 g/mol. The van der Waals surface area contributed by atoms with Gasteiger partial charge in [-0.1, -0.05) is 48.5 Å². The van der Waals surface area contributed by atoms with Crippen molar-refractivity contribution in [3.63, 3.8) is 0 Å². The number of halogens is 3. The zero-order chi connectivity index (χ0) is 30.4. The van der Waals surface area contributed by atoms with Crippen molar-refractivity contribution in [2.75, 3.05) is 38.0 Å². The number of nitrogens with zero attached hydrogens (tertiary/aromatic N) is 2. The molecular formula is C33H37F3N4O3. The van der Waals surface area contributed by atoms with E-state index in [0.29, 0.717) is 12.1 Å². The first-order chi connectivity index (χ1) is 20.7. The maximum absolute atomic E-state index is 13.6. The van der Waals surface area contributed by atoms with Gasteiger partial charge in [0, 0.05) is 25.3 Å². The van der Waals surface area contributed by atoms with Gasteiger partial charge in [0.1, 0.15) is 5.82 Å². The van der Waals surface area contributed by atoms with Crippen LogP contribution in [0.2, 0.25) is 0 Å². The number of likely N-dealkylation sites (tertiary alicyclic amines) is 1. The highest BCUT2D eigenvalue weighted by atomic mass is 19.4. The van der Waals surface area contributed by atoms with E-state index in [1.807, 2.05) is 0 Å². The average Bonchev–Trinajstić information content (AvgIpc) is 3.01. The Hall–Kier alpha value is -3.92. The summed E-state index contributed by atoms with van der Waals surface area (Å²) in [5.74, 6) is -1.70. The van der Waals surface area contributed by atoms with Crippen LogP contribution in [0.15, 0.2) is 60.7 Å². The summed E-state index contributed by atoms with van der Waals surface area (Å²) in [5, 5.41) is 16.1. The first-order valence-electron chi connectivity index (χ1n) is 14.9. The predicted octanol–water partition coefficient (Wildman–Crippen LogP) is 5.75. The number of anilines is 1. The van der Waals surface area contributed by atoms with E-state index in [1.54, 1.807) is 12.1 Å². The molecule has 43 heavy (non-hydrogen) atoms. The minimum absolute atomic E-state index is 0.0219. The lowest BCUT2D eigenvalue weighted by Crippen LogP contribution is -2.44. The van der Waals surface area contributed by atoms with Gasteiger partial charge in [-0.15, -0.1) is 0 Å². The Kier molecular flexibility index (Phi) is 9.65. The molecule has 5 rings (SSSR count). The molecule has 10 heteroatoms. The molecule has 0 bridgehead atoms. The molecule has 1 fully saturated rings. The standard InChI is InChI=1S/C33H37F3N4O3/c34-33(35,36)29-13-2-1-12-27(29)23-7-3-8-24(19-23)28(32(42)43)20-38-31(41)25-10-5-17-40(21-25)18-6-11-26-15-14-22-9-4-16-37-30(22)39-26/h1-3,7-8,12-15,19,25,28H,4-6,9-11,16-18,20-21H2,(H,37,39)(H,38,41)(H,42,43)/t25-,28+/m1/s1. The van der Waals surface area contributed by atoms with Crippen molar-refractivity contribution in [2.24, 2.45) is 5.92 Å². The Morgan fingerprint density at radius 2 is 1.93 bits per heavy atom. The third-order valence-corrected chi connectivity index (χ3v) is 8.35. The van der Waals surface area contributed by atoms with Gasteiger partial charge in [0.15, 0.2) is 0 Å². The Morgan fingerprint density at radius 1 is 1.09 bits per heavy atom. The van der Waals surface area contributed by atoms with E-state index < -0.39 is 23.6 Å². The molecule has 7 nitrogen and oxygen atoms in total. The van der Waals surface area contributed by atoms with Crippen LogP contribution < -0.4 is 10.6 Å². The fourth-order valence-electron chi connectivity index (χ4n) is 6.06. The number of rotatable bonds is 10. The fraction of sp³-hybridized carbons (Fsp3) is 0.424. The molecule has 0 aliphatic carbocycles. The van der Waals surface area contributed by atoms with Crippen molar-refractivity contribution >= 4 is 17.7 Å². The van der Waals surface area contributed by atoms with Gasteiger partial charge in [-0.3, -0.25) is 9.59 Å². The predicted molar refractivity (Wildman–Crippen MR) is 159 cm³/mol. The van der Waals surface area contributed by atoms with E-state index in [9.17, 15) is 27.9 Å². The number of benzene rings is 2. The molecule has 2 aliphatic rings. The number of fused-ring (bicyclic) bond motifs is 1. The van der Waals surface area contributed by atoms with Gasteiger partial charge in [0.25, 0.3) is 0 Å². The summed E-state index contributed by atoms with van der Waals surface area (Å²) < 4.78 is 40.8. The Morgan fingerprint density at radius 3 is 2.74 bits per heavy atom. The quantitative estimate of drug-likeness (QED) is 0.277. The largest absolute Gasteiger partial charge is 0.481 e. The minimum atomic E-state index is -4.55. The number of amides is 1. The summed E-state index contributed by atoms with van der Waals surface area (Å²) in [6.07, 6.45) is 1.02. The number of carbonyl (C=O) groups is 2. The Bertz CT molecular complexity index is 1440. The van der Waals surface area contributed by atoms with E-state index in [0.717, 1.165) is 75.7 Å². The van der Waals surface area contributed by atoms with E-state index in [4.69, 9.17) is 4.98 Å². The van der Waals surface area contributed by atoms with Gasteiger partial charge in [-0.25, -0.2) is 4.98 Å². The summed E-state index contributed by atoms with van der Waals surface area (Å²) in [5.41, 5.74) is 2.12. The molecule has 2 atom stereocenters. The number of carboxylic acid groups (broad SMARTS) is 1. The van der Waals surface area contributed by atoms with Crippen molar-refractivity contribution in [1.82, 2.24) is 15.2 Å². The van der Waals surface area contributed by atoms with Crippen molar-refractivity contribution in [3.8, 4) is 11.1 Å². The molecule has 0 radical (unpaired) electrons. The van der Waals surface area contributed by atoms with Crippen LogP contribution in [0.1, 0.15) is 54.0 Å². The van der Waals surface area contributed by atoms with Crippen molar-refractivity contribution in [1.29, 1.82) is 0 Å². The van der Waals surface area contributed by atoms with Gasteiger partial charge in [-0.05, 0) is 86.0 Å². The maximum Gasteiger partial charge on any atom is 0.417 e. The Balaban J connectivity index is 1.16. The van der Waals surface area contributed by atoms with Gasteiger partial charge in [0.2, 0.25) is 5.91 Å². The smallest absolute Gasteiger partial charge is 0.417 e. The number of hydrogen-bond acceptors (Lipinski definition) is 5. The highest BCUT2D eigenvalue weighted by Gasteiger charge is 2.34. The number of pyridine rings is 1. The van der Waals surface area contributed by atoms with Crippen LogP contribution in [0.3, 0.4) is 0 Å². The van der Waals surface area contributed by atoms with Crippen LogP contribution in [-0.4, -0.2) is 59.6 Å². The molecule has 1 saturated heterocycles. The second-order valence-electron chi connectivity index (χ2n) is 11.4. The maximum atomic E-state index is 13.6. The molecule has 0 unspecified atom stereocenters. The zero-order valence-corrected chi connectivity index (χ0v) is 24.0. The molecule has 2 aromatic carbocycles. The number of hydrogen-bond donors (Lipinski definition) is 3. The van der Waals surface area contributed by atoms with E-state index in [-0.39, 0.29) is 29.5 Å². The lowest BCUT2D eigenvalue weighted by molar-refractivity contribution is -0.139. The monoisotopic (exact) mass is 594 g/mol. The van der Waals surface area contributed by atoms with Crippen LogP contribution in [0, 0.1) is 5.92 Å². The number of carbonyl (C=O) groups excluding carboxylic acids is 1. The molecule has 3 N–H and O–H groups in total. The molecule has 0 spiro atoms. The van der Waals surface area contributed by atoms with E-state index >= 15 is 0 Å². The molecule has 1 aromatic heterocycles. The lowest BCUT2D eigenvalue weighted by atomic mass is 9.92. The third kappa shape index (κ3) is 7.73. The number of carboxylic acids is 1. The summed E-state index contributed by atoms with van der Waals surface area (Å²) in [4.78, 5) is 32.3. The second-order valence-corrected chi connectivity index (χ2v) is 11.4. The SMILES string of the molecule is O=C(NC[C@H](C(=O)O)c1cccc(-c2ccccc2C(F)(F)F)c1)[C@@H]1CCCN(CCCc2ccc3c(n2)NCCC3)C1. The summed E-state index contributed by atoms with van der Waals surface area (Å²) >= 11 is 0. The summed E-state index contributed by atoms with van der Waals surface area (Å²) in [6, 6.07) is 15.6. The van der Waals surface area contributed by atoms with Crippen LogP contribution in [0.5, 0.6) is 0 Å². The van der Waals surface area contributed by atoms with Gasteiger partial charge < -0.3 is 20.6 Å². The molecule has 1 amide bonds. The van der Waals surface area contributed by atoms with E-state index in [1.165, 1.54) is 35.9 Å². The molecule has 3 heterocycles. The molecule has 3 aromatic rings. The molecule has 2 aliphatic heterocycles. The molecule has 228 valence electrons. The van der Waals surface area contributed by atoms with Crippen LogP contribution in [0.25, 0.3) is 11.1 Å². The highest BCUT2D eigenvalue weighted by molar-refractivity contribution is 5.82. The molecule has 0 saturated carbocycles. The second kappa shape index (κ2) is 13.6. The third-order valence-electron chi connectivity index (χ3n) is 8.35. The first kappa shape index (κ1) is 30.5. The van der Waals surface area contributed by atoms with E-state index in [2.05, 4.69) is 27.7 Å². The number of piperidine rings is 1. The van der Waals surface area contributed by atoms with Crippen LogP contribution in [0.4, 0.5) is 19.0 Å². The van der Waals surface area contributed by atoms with Crippen molar-refractivity contribution < 1.29 is 27.9 Å². The van der Waals surface area contributed by atoms with Gasteiger partial charge >= 0.3 is 12.1 Å². The topological polar surface area (TPSA) is 94.6 Å². The van der Waals surface area contributed by atoms with Crippen LogP contribution >= 0.6 is 0 Å². The summed E-state index contributed by atoms with van der Waals surface area (Å²) in [6.45, 7) is 3.17. The molecular weight excluding hydrogens is 557 g/mol. The zero-order valence-electron chi connectivity index (χ0n) is 24.0. The number of aliphatic carboxylic acids is 1. The number of nitrogens with one attached hydrogen (secondary N) is 2. The van der Waals surface area contributed by atoms with Crippen LogP contribution in [-0.2, 0) is 28.6 Å². The minimum Gasteiger partial charge on any atom is -0.481 e. The number of aryl methyl sites for hydroxylation is 2. The number of alkyl halides is 3. The first-order valence-corrected chi connectivity index (χ1v) is 14.9. The number of aromatic nitrogens is 1. The lowest BCUT2D eigenvalue weighted by Gasteiger charge is -2.32. The van der Waals surface area contributed by atoms with Gasteiger partial charge in [0.05, 0.1) is 17.4 Å². The highest BCUT2D eigenvalue weighted by Crippen LogP contribution is 2.37. The van der Waals surface area contributed by atoms with Crippen molar-refractivity contribution in [2.45, 2.75) is 50.6 Å².